The Morgan fingerprint density at radius 2 is 1.34 bits per heavy atom. The van der Waals surface area contributed by atoms with Gasteiger partial charge in [0.1, 0.15) is 0 Å². The Kier molecular flexibility index (Phi) is 3.97. The summed E-state index contributed by atoms with van der Waals surface area (Å²) in [4.78, 5) is 0. The Hall–Kier alpha value is -2.10. The van der Waals surface area contributed by atoms with E-state index < -0.39 is 0 Å². The van der Waals surface area contributed by atoms with Crippen LogP contribution in [-0.2, 0) is 14.7 Å². The molecule has 178 valence electrons. The van der Waals surface area contributed by atoms with Crippen LogP contribution in [0.2, 0.25) is 0 Å². The van der Waals surface area contributed by atoms with Gasteiger partial charge in [-0.05, 0) is 122 Å². The molecule has 3 aromatic carbocycles. The first-order valence-electron chi connectivity index (χ1n) is 13.8. The number of rotatable bonds is 1. The summed E-state index contributed by atoms with van der Waals surface area (Å²) in [5.41, 5.74) is 6.83. The van der Waals surface area contributed by atoms with Crippen LogP contribution >= 0.6 is 0 Å². The van der Waals surface area contributed by atoms with E-state index in [0.717, 1.165) is 23.7 Å². The summed E-state index contributed by atoms with van der Waals surface area (Å²) in [6.45, 7) is 8.62. The van der Waals surface area contributed by atoms with E-state index in [1.54, 1.807) is 11.1 Å². The first kappa shape index (κ1) is 21.0. The fraction of sp³-hybridized carbons (Fsp3) is 0.500. The normalized spacial score (nSPS) is 35.1. The fourth-order valence-electron chi connectivity index (χ4n) is 9.12. The van der Waals surface area contributed by atoms with Crippen molar-refractivity contribution in [3.63, 3.8) is 0 Å². The molecule has 5 fully saturated rings. The van der Waals surface area contributed by atoms with E-state index in [1.165, 1.54) is 59.5 Å². The maximum Gasteiger partial charge on any atom is 0.494 e. The number of hydrogen-bond donors (Lipinski definition) is 0. The van der Waals surface area contributed by atoms with Crippen molar-refractivity contribution >= 4 is 23.4 Å². The third-order valence-electron chi connectivity index (χ3n) is 11.1. The van der Waals surface area contributed by atoms with Crippen LogP contribution in [0.4, 0.5) is 0 Å². The summed E-state index contributed by atoms with van der Waals surface area (Å²) in [7, 11) is -0.306. The molecule has 6 aliphatic rings. The molecule has 1 heterocycles. The van der Waals surface area contributed by atoms with Crippen LogP contribution in [0, 0.1) is 23.7 Å². The quantitative estimate of drug-likeness (QED) is 0.368. The lowest BCUT2D eigenvalue weighted by Crippen LogP contribution is -2.55. The van der Waals surface area contributed by atoms with Crippen LogP contribution < -0.4 is 5.46 Å². The highest BCUT2D eigenvalue weighted by atomic mass is 16.7. The standard InChI is InChI=1S/C32H35BO2/c1-30(2)31(3,4)35-33(34-30)24-10-12-26-27-11-9-21-7-5-6-8-25(21)29(27)32(28(26)18-24)22-14-19-13-20(16-22)17-23(32)15-19/h5-12,18-20,22-23H,13-17H2,1-4H3. The van der Waals surface area contributed by atoms with Crippen molar-refractivity contribution in [3.8, 4) is 11.1 Å². The third-order valence-corrected chi connectivity index (χ3v) is 11.1. The summed E-state index contributed by atoms with van der Waals surface area (Å²) in [6.07, 6.45) is 7.07. The molecule has 0 unspecified atom stereocenters. The second-order valence-electron chi connectivity index (χ2n) is 13.3. The van der Waals surface area contributed by atoms with Crippen molar-refractivity contribution in [2.75, 3.05) is 0 Å². The minimum atomic E-state index is -0.323. The summed E-state index contributed by atoms with van der Waals surface area (Å²) < 4.78 is 13.1. The molecule has 35 heavy (non-hydrogen) atoms. The molecular weight excluding hydrogens is 427 g/mol. The molecule has 0 aromatic heterocycles. The molecule has 4 bridgehead atoms. The molecule has 2 nitrogen and oxygen atoms in total. The van der Waals surface area contributed by atoms with E-state index in [4.69, 9.17) is 9.31 Å². The SMILES string of the molecule is CC1(C)OB(c2ccc3c(c2)C2(c4c-3ccc3ccccc43)C3CC4CC(C3)CC2C4)OC1(C)C. The topological polar surface area (TPSA) is 18.5 Å². The van der Waals surface area contributed by atoms with Crippen molar-refractivity contribution < 1.29 is 9.31 Å². The maximum atomic E-state index is 6.53. The lowest BCUT2D eigenvalue weighted by Gasteiger charge is -2.61. The van der Waals surface area contributed by atoms with Crippen LogP contribution in [-0.4, -0.2) is 18.3 Å². The van der Waals surface area contributed by atoms with E-state index in [9.17, 15) is 0 Å². The Labute approximate surface area is 209 Å². The van der Waals surface area contributed by atoms with E-state index in [2.05, 4.69) is 82.3 Å². The Balaban J connectivity index is 1.37. The minimum absolute atomic E-state index is 0.137. The molecule has 3 heteroatoms. The van der Waals surface area contributed by atoms with Crippen LogP contribution in [0.1, 0.15) is 70.9 Å². The molecule has 1 saturated heterocycles. The highest BCUT2D eigenvalue weighted by Crippen LogP contribution is 2.70. The fourth-order valence-corrected chi connectivity index (χ4v) is 9.12. The monoisotopic (exact) mass is 462 g/mol. The zero-order valence-corrected chi connectivity index (χ0v) is 21.4. The van der Waals surface area contributed by atoms with Crippen LogP contribution in [0.25, 0.3) is 21.9 Å². The molecule has 5 aliphatic carbocycles. The van der Waals surface area contributed by atoms with Crippen molar-refractivity contribution in [3.05, 3.63) is 65.7 Å². The van der Waals surface area contributed by atoms with Gasteiger partial charge in [-0.25, -0.2) is 0 Å². The van der Waals surface area contributed by atoms with E-state index >= 15 is 0 Å². The predicted molar refractivity (Wildman–Crippen MR) is 143 cm³/mol. The summed E-state index contributed by atoms with van der Waals surface area (Å²) in [5.74, 6) is 3.38. The van der Waals surface area contributed by atoms with Gasteiger partial charge >= 0.3 is 7.12 Å². The number of benzene rings is 3. The largest absolute Gasteiger partial charge is 0.494 e. The van der Waals surface area contributed by atoms with E-state index in [0.29, 0.717) is 0 Å². The van der Waals surface area contributed by atoms with Crippen LogP contribution in [0.5, 0.6) is 0 Å². The molecule has 9 rings (SSSR count). The second-order valence-corrected chi connectivity index (χ2v) is 13.3. The van der Waals surface area contributed by atoms with Crippen LogP contribution in [0.3, 0.4) is 0 Å². The van der Waals surface area contributed by atoms with Gasteiger partial charge in [0.2, 0.25) is 0 Å². The Bertz CT molecular complexity index is 1340. The highest BCUT2D eigenvalue weighted by molar-refractivity contribution is 6.62. The zero-order chi connectivity index (χ0) is 23.7. The molecular formula is C32H35BO2. The average Bonchev–Trinajstić information content (AvgIpc) is 3.24. The molecule has 0 N–H and O–H groups in total. The number of fused-ring (bicyclic) bond motifs is 5. The molecule has 4 saturated carbocycles. The zero-order valence-electron chi connectivity index (χ0n) is 21.4. The summed E-state index contributed by atoms with van der Waals surface area (Å²) in [5, 5.41) is 2.87. The number of hydrogen-bond acceptors (Lipinski definition) is 2. The van der Waals surface area contributed by atoms with Crippen molar-refractivity contribution in [1.82, 2.24) is 0 Å². The van der Waals surface area contributed by atoms with Gasteiger partial charge in [-0.2, -0.15) is 0 Å². The van der Waals surface area contributed by atoms with Gasteiger partial charge < -0.3 is 9.31 Å². The van der Waals surface area contributed by atoms with Gasteiger partial charge in [0.05, 0.1) is 11.2 Å². The Morgan fingerprint density at radius 1 is 0.714 bits per heavy atom. The van der Waals surface area contributed by atoms with E-state index in [-0.39, 0.29) is 23.7 Å². The lowest BCUT2D eigenvalue weighted by atomic mass is 9.42. The molecule has 0 atom stereocenters. The minimum Gasteiger partial charge on any atom is -0.399 e. The van der Waals surface area contributed by atoms with Gasteiger partial charge in [0, 0.05) is 5.41 Å². The van der Waals surface area contributed by atoms with Crippen molar-refractivity contribution in [2.45, 2.75) is 76.4 Å². The molecule has 0 amide bonds. The molecule has 1 spiro atoms. The van der Waals surface area contributed by atoms with Crippen LogP contribution in [0.15, 0.2) is 54.6 Å². The predicted octanol–water partition coefficient (Wildman–Crippen LogP) is 6.86. The highest BCUT2D eigenvalue weighted by Gasteiger charge is 2.62. The smallest absolute Gasteiger partial charge is 0.399 e. The third kappa shape index (κ3) is 2.54. The molecule has 0 radical (unpaired) electrons. The van der Waals surface area contributed by atoms with Gasteiger partial charge in [0.25, 0.3) is 0 Å². The van der Waals surface area contributed by atoms with Gasteiger partial charge in [0.15, 0.2) is 0 Å². The van der Waals surface area contributed by atoms with Crippen molar-refractivity contribution in [2.24, 2.45) is 23.7 Å². The van der Waals surface area contributed by atoms with Gasteiger partial charge in [-0.1, -0.05) is 54.6 Å². The first-order chi connectivity index (χ1) is 16.8. The lowest BCUT2D eigenvalue weighted by molar-refractivity contribution is -0.0393. The maximum absolute atomic E-state index is 6.53. The second kappa shape index (κ2) is 6.61. The Morgan fingerprint density at radius 3 is 2.03 bits per heavy atom. The average molecular weight is 462 g/mol. The van der Waals surface area contributed by atoms with Gasteiger partial charge in [-0.3, -0.25) is 0 Å². The van der Waals surface area contributed by atoms with Crippen molar-refractivity contribution in [1.29, 1.82) is 0 Å². The molecule has 3 aromatic rings. The summed E-state index contributed by atoms with van der Waals surface area (Å²) >= 11 is 0. The molecule has 1 aliphatic heterocycles. The van der Waals surface area contributed by atoms with E-state index in [1.807, 2.05) is 0 Å². The van der Waals surface area contributed by atoms with Gasteiger partial charge in [-0.15, -0.1) is 0 Å². The first-order valence-corrected chi connectivity index (χ1v) is 13.8. The summed E-state index contributed by atoms with van der Waals surface area (Å²) in [6, 6.07) is 21.1.